The van der Waals surface area contributed by atoms with E-state index in [1.54, 1.807) is 0 Å². The Balaban J connectivity index is 1.94. The number of rotatable bonds is 7. The Morgan fingerprint density at radius 3 is 2.59 bits per heavy atom. The molecular formula is C15H23NS. The largest absolute Gasteiger partial charge is 0.306 e. The zero-order chi connectivity index (χ0) is 12.1. The third-order valence-corrected chi connectivity index (χ3v) is 4.43. The van der Waals surface area contributed by atoms with Crippen LogP contribution >= 0.6 is 11.8 Å². The molecule has 0 bridgehead atoms. The summed E-state index contributed by atoms with van der Waals surface area (Å²) >= 11 is 2.02. The van der Waals surface area contributed by atoms with Crippen LogP contribution < -0.4 is 5.32 Å². The van der Waals surface area contributed by atoms with E-state index < -0.39 is 0 Å². The quantitative estimate of drug-likeness (QED) is 0.787. The van der Waals surface area contributed by atoms with Gasteiger partial charge in [0.2, 0.25) is 0 Å². The summed E-state index contributed by atoms with van der Waals surface area (Å²) in [5.74, 6) is 3.30. The van der Waals surface area contributed by atoms with E-state index in [2.05, 4.69) is 49.5 Å². The Hall–Kier alpha value is -0.470. The highest BCUT2D eigenvalue weighted by Gasteiger charge is 2.32. The molecular weight excluding hydrogens is 226 g/mol. The normalized spacial score (nSPS) is 18.9. The fourth-order valence-corrected chi connectivity index (χ4v) is 2.93. The molecule has 1 aromatic rings. The van der Waals surface area contributed by atoms with Crippen molar-refractivity contribution < 1.29 is 0 Å². The topological polar surface area (TPSA) is 12.0 Å². The molecule has 0 aliphatic heterocycles. The van der Waals surface area contributed by atoms with Gasteiger partial charge in [-0.2, -0.15) is 11.8 Å². The summed E-state index contributed by atoms with van der Waals surface area (Å²) in [5.41, 5.74) is 1.46. The first-order valence-electron chi connectivity index (χ1n) is 6.70. The van der Waals surface area contributed by atoms with Crippen LogP contribution in [0.4, 0.5) is 0 Å². The van der Waals surface area contributed by atoms with Gasteiger partial charge in [-0.05, 0) is 37.0 Å². The minimum Gasteiger partial charge on any atom is -0.306 e. The van der Waals surface area contributed by atoms with E-state index in [0.29, 0.717) is 12.1 Å². The van der Waals surface area contributed by atoms with E-state index in [1.165, 1.54) is 29.9 Å². The van der Waals surface area contributed by atoms with Crippen LogP contribution in [0.15, 0.2) is 30.3 Å². The van der Waals surface area contributed by atoms with Gasteiger partial charge in [0.15, 0.2) is 0 Å². The Kier molecular flexibility index (Phi) is 4.93. The maximum atomic E-state index is 3.81. The summed E-state index contributed by atoms with van der Waals surface area (Å²) in [6.45, 7) is 4.54. The van der Waals surface area contributed by atoms with Gasteiger partial charge >= 0.3 is 0 Å². The summed E-state index contributed by atoms with van der Waals surface area (Å²) in [7, 11) is 0. The van der Waals surface area contributed by atoms with E-state index in [4.69, 9.17) is 0 Å². The van der Waals surface area contributed by atoms with Crippen molar-refractivity contribution in [1.82, 2.24) is 5.32 Å². The van der Waals surface area contributed by atoms with Gasteiger partial charge in [-0.15, -0.1) is 0 Å². The Labute approximate surface area is 109 Å². The summed E-state index contributed by atoms with van der Waals surface area (Å²) in [5, 5.41) is 3.81. The first-order valence-corrected chi connectivity index (χ1v) is 7.85. The van der Waals surface area contributed by atoms with Crippen LogP contribution in [0.1, 0.15) is 38.3 Å². The monoisotopic (exact) mass is 249 g/mol. The highest BCUT2D eigenvalue weighted by Crippen LogP contribution is 2.41. The van der Waals surface area contributed by atoms with E-state index >= 15 is 0 Å². The smallest absolute Gasteiger partial charge is 0.0351 e. The second kappa shape index (κ2) is 6.46. The molecule has 2 rings (SSSR count). The van der Waals surface area contributed by atoms with Gasteiger partial charge in [-0.25, -0.2) is 0 Å². The lowest BCUT2D eigenvalue weighted by molar-refractivity contribution is 0.440. The zero-order valence-electron chi connectivity index (χ0n) is 10.9. The molecule has 0 heterocycles. The van der Waals surface area contributed by atoms with Crippen LogP contribution in [0.3, 0.4) is 0 Å². The maximum Gasteiger partial charge on any atom is 0.0351 e. The van der Waals surface area contributed by atoms with Crippen molar-refractivity contribution in [3.8, 4) is 0 Å². The van der Waals surface area contributed by atoms with Crippen molar-refractivity contribution in [2.24, 2.45) is 5.92 Å². The fourth-order valence-electron chi connectivity index (χ4n) is 2.24. The Morgan fingerprint density at radius 2 is 2.00 bits per heavy atom. The lowest BCUT2D eigenvalue weighted by Gasteiger charge is -2.23. The fraction of sp³-hybridized carbons (Fsp3) is 0.600. The van der Waals surface area contributed by atoms with Crippen molar-refractivity contribution in [3.05, 3.63) is 35.9 Å². The van der Waals surface area contributed by atoms with Crippen LogP contribution in [0.25, 0.3) is 0 Å². The zero-order valence-corrected chi connectivity index (χ0v) is 11.7. The number of benzene rings is 1. The molecule has 0 saturated heterocycles. The van der Waals surface area contributed by atoms with E-state index in [1.807, 2.05) is 11.8 Å². The van der Waals surface area contributed by atoms with Gasteiger partial charge in [0.05, 0.1) is 0 Å². The molecule has 2 heteroatoms. The minimum absolute atomic E-state index is 0.573. The van der Waals surface area contributed by atoms with Crippen molar-refractivity contribution >= 4 is 11.8 Å². The molecule has 1 aromatic carbocycles. The predicted octanol–water partition coefficient (Wildman–Crippen LogP) is 3.87. The summed E-state index contributed by atoms with van der Waals surface area (Å²) in [6, 6.07) is 12.1. The molecule has 17 heavy (non-hydrogen) atoms. The number of hydrogen-bond donors (Lipinski definition) is 1. The Bertz CT molecular complexity index is 321. The number of thioether (sulfide) groups is 1. The van der Waals surface area contributed by atoms with Crippen molar-refractivity contribution in [2.45, 2.75) is 38.8 Å². The molecule has 1 fully saturated rings. The molecule has 0 amide bonds. The van der Waals surface area contributed by atoms with E-state index in [9.17, 15) is 0 Å². The molecule has 2 unspecified atom stereocenters. The average molecular weight is 249 g/mol. The van der Waals surface area contributed by atoms with Gasteiger partial charge in [0.1, 0.15) is 0 Å². The summed E-state index contributed by atoms with van der Waals surface area (Å²) < 4.78 is 0. The molecule has 0 aromatic heterocycles. The maximum absolute atomic E-state index is 3.81. The van der Waals surface area contributed by atoms with Crippen LogP contribution in [-0.4, -0.2) is 17.5 Å². The van der Waals surface area contributed by atoms with Crippen molar-refractivity contribution in [1.29, 1.82) is 0 Å². The molecule has 1 N–H and O–H groups in total. The molecule has 94 valence electrons. The van der Waals surface area contributed by atoms with Crippen LogP contribution in [-0.2, 0) is 0 Å². The lowest BCUT2D eigenvalue weighted by atomic mass is 10.0. The van der Waals surface area contributed by atoms with Gasteiger partial charge < -0.3 is 5.32 Å². The van der Waals surface area contributed by atoms with Crippen LogP contribution in [0.2, 0.25) is 0 Å². The highest BCUT2D eigenvalue weighted by atomic mass is 32.2. The van der Waals surface area contributed by atoms with Gasteiger partial charge in [-0.3, -0.25) is 0 Å². The number of hydrogen-bond acceptors (Lipinski definition) is 2. The summed E-state index contributed by atoms with van der Waals surface area (Å²) in [6.07, 6.45) is 2.78. The van der Waals surface area contributed by atoms with Crippen LogP contribution in [0, 0.1) is 5.92 Å². The third-order valence-electron chi connectivity index (χ3n) is 3.29. The lowest BCUT2D eigenvalue weighted by Crippen LogP contribution is -2.33. The molecule has 0 spiro atoms. The second-order valence-corrected chi connectivity index (χ2v) is 6.27. The molecule has 1 saturated carbocycles. The van der Waals surface area contributed by atoms with Gasteiger partial charge in [0, 0.05) is 17.8 Å². The summed E-state index contributed by atoms with van der Waals surface area (Å²) in [4.78, 5) is 0. The standard InChI is InChI=1S/C15H23NS/c1-3-17-11-12(2)16-15(14-9-10-14)13-7-5-4-6-8-13/h4-8,12,14-16H,3,9-11H2,1-2H3. The first kappa shape index (κ1) is 13.0. The van der Waals surface area contributed by atoms with E-state index in [-0.39, 0.29) is 0 Å². The van der Waals surface area contributed by atoms with Gasteiger partial charge in [0.25, 0.3) is 0 Å². The van der Waals surface area contributed by atoms with Crippen molar-refractivity contribution in [2.75, 3.05) is 11.5 Å². The average Bonchev–Trinajstić information content (AvgIpc) is 3.19. The first-order chi connectivity index (χ1) is 8.31. The Morgan fingerprint density at radius 1 is 1.29 bits per heavy atom. The van der Waals surface area contributed by atoms with E-state index in [0.717, 1.165) is 5.92 Å². The molecule has 1 nitrogen and oxygen atoms in total. The van der Waals surface area contributed by atoms with Gasteiger partial charge in [-0.1, -0.05) is 37.3 Å². The third kappa shape index (κ3) is 4.04. The minimum atomic E-state index is 0.573. The van der Waals surface area contributed by atoms with Crippen molar-refractivity contribution in [3.63, 3.8) is 0 Å². The highest BCUT2D eigenvalue weighted by molar-refractivity contribution is 7.99. The molecule has 2 atom stereocenters. The predicted molar refractivity (Wildman–Crippen MR) is 77.5 cm³/mol. The molecule has 0 radical (unpaired) electrons. The molecule has 1 aliphatic carbocycles. The number of nitrogens with one attached hydrogen (secondary N) is 1. The van der Waals surface area contributed by atoms with Crippen LogP contribution in [0.5, 0.6) is 0 Å². The molecule has 1 aliphatic rings. The SMILES string of the molecule is CCSCC(C)NC(c1ccccc1)C1CC1. The second-order valence-electron chi connectivity index (χ2n) is 4.95.